The van der Waals surface area contributed by atoms with Crippen LogP contribution in [0.4, 0.5) is 4.39 Å². The van der Waals surface area contributed by atoms with Gasteiger partial charge >= 0.3 is 0 Å². The maximum Gasteiger partial charge on any atom is 0.161 e. The van der Waals surface area contributed by atoms with Crippen LogP contribution in [0.5, 0.6) is 11.5 Å². The fraction of sp³-hybridized carbons (Fsp3) is 0.238. The van der Waals surface area contributed by atoms with Crippen LogP contribution in [0.15, 0.2) is 55.0 Å². The van der Waals surface area contributed by atoms with Gasteiger partial charge < -0.3 is 9.47 Å². The van der Waals surface area contributed by atoms with Gasteiger partial charge in [-0.3, -0.25) is 14.4 Å². The highest BCUT2D eigenvalue weighted by atomic mass is 35.5. The van der Waals surface area contributed by atoms with Gasteiger partial charge in [-0.05, 0) is 29.8 Å². The van der Waals surface area contributed by atoms with E-state index in [2.05, 4.69) is 9.97 Å². The minimum atomic E-state index is -0.664. The molecule has 0 amide bonds. The zero-order valence-corrected chi connectivity index (χ0v) is 16.8. The molecule has 7 heteroatoms. The van der Waals surface area contributed by atoms with Crippen molar-refractivity contribution in [1.29, 1.82) is 0 Å². The fourth-order valence-electron chi connectivity index (χ4n) is 2.92. The van der Waals surface area contributed by atoms with E-state index in [0.717, 1.165) is 5.69 Å². The third-order valence-corrected chi connectivity index (χ3v) is 4.93. The highest BCUT2D eigenvalue weighted by molar-refractivity contribution is 6.35. The predicted octanol–water partition coefficient (Wildman–Crippen LogP) is 5.51. The van der Waals surface area contributed by atoms with E-state index in [1.54, 1.807) is 31.5 Å². The Morgan fingerprint density at radius 3 is 2.50 bits per heavy atom. The first-order chi connectivity index (χ1) is 13.6. The third-order valence-electron chi connectivity index (χ3n) is 4.33. The Bertz CT molecular complexity index is 905. The van der Waals surface area contributed by atoms with Crippen LogP contribution >= 0.6 is 23.2 Å². The molecule has 0 aliphatic heterocycles. The summed E-state index contributed by atoms with van der Waals surface area (Å²) in [7, 11) is 1.56. The van der Waals surface area contributed by atoms with E-state index in [0.29, 0.717) is 45.7 Å². The van der Waals surface area contributed by atoms with Gasteiger partial charge in [0.15, 0.2) is 11.5 Å². The Morgan fingerprint density at radius 2 is 1.86 bits per heavy atom. The highest BCUT2D eigenvalue weighted by Gasteiger charge is 2.22. The van der Waals surface area contributed by atoms with Crippen molar-refractivity contribution in [3.05, 3.63) is 81.9 Å². The number of ether oxygens (including phenoxy) is 2. The van der Waals surface area contributed by atoms with Gasteiger partial charge in [0.2, 0.25) is 0 Å². The molecule has 0 aliphatic rings. The molecule has 1 atom stereocenters. The summed E-state index contributed by atoms with van der Waals surface area (Å²) < 4.78 is 25.2. The lowest BCUT2D eigenvalue weighted by Gasteiger charge is -2.19. The van der Waals surface area contributed by atoms with Crippen molar-refractivity contribution in [2.75, 3.05) is 20.4 Å². The molecule has 0 saturated heterocycles. The van der Waals surface area contributed by atoms with E-state index in [1.807, 2.05) is 18.2 Å². The lowest BCUT2D eigenvalue weighted by atomic mass is 9.92. The van der Waals surface area contributed by atoms with Gasteiger partial charge in [0.25, 0.3) is 0 Å². The summed E-state index contributed by atoms with van der Waals surface area (Å²) >= 11 is 12.5. The molecule has 146 valence electrons. The molecule has 28 heavy (non-hydrogen) atoms. The number of nitrogens with zero attached hydrogens (tertiary/aromatic N) is 2. The van der Waals surface area contributed by atoms with Crippen LogP contribution in [0.1, 0.15) is 22.7 Å². The number of hydrogen-bond donors (Lipinski definition) is 0. The van der Waals surface area contributed by atoms with Crippen LogP contribution < -0.4 is 9.47 Å². The average molecular weight is 421 g/mol. The lowest BCUT2D eigenvalue weighted by molar-refractivity contribution is 0.296. The third kappa shape index (κ3) is 4.72. The van der Waals surface area contributed by atoms with E-state index in [-0.39, 0.29) is 0 Å². The van der Waals surface area contributed by atoms with Gasteiger partial charge in [-0.2, -0.15) is 0 Å². The topological polar surface area (TPSA) is 44.2 Å². The molecule has 1 aromatic carbocycles. The molecule has 0 spiro atoms. The first-order valence-electron chi connectivity index (χ1n) is 8.69. The lowest BCUT2D eigenvalue weighted by Crippen LogP contribution is -2.08. The van der Waals surface area contributed by atoms with Crippen molar-refractivity contribution < 1.29 is 13.9 Å². The van der Waals surface area contributed by atoms with Crippen molar-refractivity contribution in [3.8, 4) is 11.5 Å². The first-order valence-corrected chi connectivity index (χ1v) is 9.45. The fourth-order valence-corrected chi connectivity index (χ4v) is 3.55. The normalized spacial score (nSPS) is 11.9. The van der Waals surface area contributed by atoms with Gasteiger partial charge in [0.1, 0.15) is 6.67 Å². The Balaban J connectivity index is 1.84. The maximum atomic E-state index is 14.0. The van der Waals surface area contributed by atoms with E-state index >= 15 is 0 Å². The number of aromatic nitrogens is 2. The van der Waals surface area contributed by atoms with E-state index in [1.165, 1.54) is 12.4 Å². The van der Waals surface area contributed by atoms with E-state index in [4.69, 9.17) is 32.7 Å². The largest absolute Gasteiger partial charge is 0.493 e. The van der Waals surface area contributed by atoms with E-state index in [9.17, 15) is 4.39 Å². The predicted molar refractivity (Wildman–Crippen MR) is 109 cm³/mol. The van der Waals surface area contributed by atoms with Crippen LogP contribution in [0.25, 0.3) is 0 Å². The Labute approximate surface area is 173 Å². The molecule has 3 aromatic rings. The molecule has 4 nitrogen and oxygen atoms in total. The molecule has 0 aliphatic carbocycles. The molecular weight excluding hydrogens is 402 g/mol. The summed E-state index contributed by atoms with van der Waals surface area (Å²) in [6, 6.07) is 11.0. The molecular formula is C21H19Cl2FN2O2. The molecule has 3 rings (SSSR count). The monoisotopic (exact) mass is 420 g/mol. The summed E-state index contributed by atoms with van der Waals surface area (Å²) in [6.45, 7) is -0.253. The zero-order valence-electron chi connectivity index (χ0n) is 15.2. The van der Waals surface area contributed by atoms with Crippen LogP contribution in [0, 0.1) is 0 Å². The number of halogens is 3. The minimum Gasteiger partial charge on any atom is -0.493 e. The molecule has 0 saturated carbocycles. The van der Waals surface area contributed by atoms with Crippen molar-refractivity contribution >= 4 is 23.2 Å². The Hall–Kier alpha value is -2.37. The van der Waals surface area contributed by atoms with Crippen LogP contribution in [0.2, 0.25) is 10.0 Å². The van der Waals surface area contributed by atoms with Gasteiger partial charge in [-0.15, -0.1) is 0 Å². The number of benzene rings is 1. The average Bonchev–Trinajstić information content (AvgIpc) is 2.71. The Morgan fingerprint density at radius 1 is 1.07 bits per heavy atom. The summed E-state index contributed by atoms with van der Waals surface area (Å²) in [5, 5.41) is 0.646. The molecule has 0 fully saturated rings. The number of alkyl halides is 1. The minimum absolute atomic E-state index is 0.323. The van der Waals surface area contributed by atoms with Crippen molar-refractivity contribution in [2.24, 2.45) is 0 Å². The summed E-state index contributed by atoms with van der Waals surface area (Å²) in [4.78, 5) is 8.21. The summed E-state index contributed by atoms with van der Waals surface area (Å²) in [5.41, 5.74) is 2.12. The molecule has 0 N–H and O–H groups in total. The summed E-state index contributed by atoms with van der Waals surface area (Å²) in [6.07, 6.45) is 5.30. The second-order valence-corrected chi connectivity index (χ2v) is 6.87. The maximum absolute atomic E-state index is 14.0. The smallest absolute Gasteiger partial charge is 0.161 e. The van der Waals surface area contributed by atoms with Crippen molar-refractivity contribution in [3.63, 3.8) is 0 Å². The Kier molecular flexibility index (Phi) is 7.06. The SMILES string of the molecule is COc1ccc(C(CF)c2c(Cl)cncc2Cl)cc1OCCc1ccccn1. The van der Waals surface area contributed by atoms with E-state index < -0.39 is 12.6 Å². The van der Waals surface area contributed by atoms with Crippen LogP contribution in [-0.4, -0.2) is 30.4 Å². The second-order valence-electron chi connectivity index (χ2n) is 6.05. The number of pyridine rings is 2. The number of methoxy groups -OCH3 is 1. The molecule has 2 heterocycles. The second kappa shape index (κ2) is 9.71. The highest BCUT2D eigenvalue weighted by Crippen LogP contribution is 2.38. The summed E-state index contributed by atoms with van der Waals surface area (Å²) in [5.74, 6) is 0.456. The van der Waals surface area contributed by atoms with Crippen molar-refractivity contribution in [1.82, 2.24) is 9.97 Å². The number of rotatable bonds is 8. The number of hydrogen-bond acceptors (Lipinski definition) is 4. The molecule has 2 aromatic heterocycles. The van der Waals surface area contributed by atoms with Gasteiger partial charge in [-0.25, -0.2) is 0 Å². The first kappa shape index (κ1) is 20.4. The van der Waals surface area contributed by atoms with Crippen molar-refractivity contribution in [2.45, 2.75) is 12.3 Å². The molecule has 0 bridgehead atoms. The molecule has 1 unspecified atom stereocenters. The van der Waals surface area contributed by atoms with Crippen LogP contribution in [0.3, 0.4) is 0 Å². The van der Waals surface area contributed by atoms with Crippen LogP contribution in [-0.2, 0) is 6.42 Å². The van der Waals surface area contributed by atoms with Gasteiger partial charge in [0, 0.05) is 42.2 Å². The van der Waals surface area contributed by atoms with Gasteiger partial charge in [0.05, 0.1) is 23.8 Å². The zero-order chi connectivity index (χ0) is 19.9. The quantitative estimate of drug-likeness (QED) is 0.481. The van der Waals surface area contributed by atoms with Gasteiger partial charge in [-0.1, -0.05) is 35.3 Å². The molecule has 0 radical (unpaired) electrons. The standard InChI is InChI=1S/C21H19Cl2FN2O2/c1-27-19-6-5-14(16(11-24)21-17(22)12-25-13-18(21)23)10-20(19)28-9-7-15-4-2-3-8-26-15/h2-6,8,10,12-13,16H,7,9,11H2,1H3.